The molecule has 1 amide bonds. The molecule has 26 heavy (non-hydrogen) atoms. The van der Waals surface area contributed by atoms with Gasteiger partial charge < -0.3 is 9.47 Å². The van der Waals surface area contributed by atoms with E-state index in [0.717, 1.165) is 33.7 Å². The van der Waals surface area contributed by atoms with E-state index in [0.29, 0.717) is 13.2 Å². The van der Waals surface area contributed by atoms with E-state index in [4.69, 9.17) is 14.7 Å². The number of thioether (sulfide) groups is 1. The molecule has 2 aromatic carbocycles. The summed E-state index contributed by atoms with van der Waals surface area (Å²) in [5.41, 5.74) is 1.75. The fraction of sp³-hybridized carbons (Fsp3) is 0.316. The molecule has 1 aliphatic rings. The van der Waals surface area contributed by atoms with E-state index >= 15 is 0 Å². The van der Waals surface area contributed by atoms with E-state index in [-0.39, 0.29) is 17.1 Å². The number of halogens is 1. The average Bonchev–Trinajstić information content (AvgIpc) is 2.66. The second-order valence-corrected chi connectivity index (χ2v) is 8.51. The highest BCUT2D eigenvalue weighted by Gasteiger charge is 2.36. The number of amides is 1. The van der Waals surface area contributed by atoms with Crippen LogP contribution in [0, 0.1) is 0 Å². The van der Waals surface area contributed by atoms with Crippen molar-refractivity contribution in [1.29, 1.82) is 0 Å². The maximum Gasteiger partial charge on any atom is 0.244 e. The van der Waals surface area contributed by atoms with Gasteiger partial charge in [-0.1, -0.05) is 12.1 Å². The Kier molecular flexibility index (Phi) is 6.58. The van der Waals surface area contributed by atoms with E-state index in [1.54, 1.807) is 17.2 Å². The van der Waals surface area contributed by atoms with Gasteiger partial charge in [0.25, 0.3) is 0 Å². The van der Waals surface area contributed by atoms with Crippen LogP contribution in [0.3, 0.4) is 0 Å². The standard InChI is InChI=1S/C19H20BrNO4S/c20-16-3-1-2-4-17(16)25-14-5-7-15(8-6-14)26-19(13-18(22)21-23)9-11-24-12-10-19/h1-8,23H,9-13H2,(H,21,22). The van der Waals surface area contributed by atoms with Crippen LogP contribution in [0.15, 0.2) is 57.9 Å². The summed E-state index contributed by atoms with van der Waals surface area (Å²) >= 11 is 5.13. The highest BCUT2D eigenvalue weighted by molar-refractivity contribution is 9.10. The lowest BCUT2D eigenvalue weighted by molar-refractivity contribution is -0.130. The number of carbonyl (C=O) groups is 1. The van der Waals surface area contributed by atoms with Crippen molar-refractivity contribution < 1.29 is 19.5 Å². The minimum atomic E-state index is -0.367. The van der Waals surface area contributed by atoms with Gasteiger partial charge in [-0.05, 0) is 65.2 Å². The summed E-state index contributed by atoms with van der Waals surface area (Å²) in [7, 11) is 0. The zero-order valence-electron chi connectivity index (χ0n) is 14.1. The Hall–Kier alpha value is -1.54. The Balaban J connectivity index is 1.70. The fourth-order valence-corrected chi connectivity index (χ4v) is 4.58. The third-order valence-electron chi connectivity index (χ3n) is 4.23. The maximum atomic E-state index is 11.7. The van der Waals surface area contributed by atoms with Crippen LogP contribution in [0.5, 0.6) is 11.5 Å². The summed E-state index contributed by atoms with van der Waals surface area (Å²) in [6.07, 6.45) is 1.79. The Morgan fingerprint density at radius 2 is 1.88 bits per heavy atom. The minimum absolute atomic E-state index is 0.257. The van der Waals surface area contributed by atoms with Gasteiger partial charge >= 0.3 is 0 Å². The van der Waals surface area contributed by atoms with E-state index in [9.17, 15) is 4.79 Å². The Morgan fingerprint density at radius 3 is 2.54 bits per heavy atom. The molecule has 0 radical (unpaired) electrons. The van der Waals surface area contributed by atoms with E-state index < -0.39 is 0 Å². The van der Waals surface area contributed by atoms with Crippen LogP contribution in [0.1, 0.15) is 19.3 Å². The predicted octanol–water partition coefficient (Wildman–Crippen LogP) is 4.78. The highest BCUT2D eigenvalue weighted by Crippen LogP contribution is 2.43. The number of hydroxylamine groups is 1. The van der Waals surface area contributed by atoms with Gasteiger partial charge in [0.05, 0.1) is 4.47 Å². The fourth-order valence-electron chi connectivity index (χ4n) is 2.87. The number of para-hydroxylation sites is 1. The molecule has 0 bridgehead atoms. The Morgan fingerprint density at radius 1 is 1.19 bits per heavy atom. The quantitative estimate of drug-likeness (QED) is 0.502. The van der Waals surface area contributed by atoms with Crippen molar-refractivity contribution in [3.05, 3.63) is 53.0 Å². The number of nitrogens with one attached hydrogen (secondary N) is 1. The minimum Gasteiger partial charge on any atom is -0.456 e. The summed E-state index contributed by atoms with van der Waals surface area (Å²) in [6, 6.07) is 15.5. The molecule has 1 aliphatic heterocycles. The van der Waals surface area contributed by atoms with E-state index in [1.807, 2.05) is 48.5 Å². The van der Waals surface area contributed by atoms with Crippen LogP contribution in [0.25, 0.3) is 0 Å². The Bertz CT molecular complexity index is 747. The van der Waals surface area contributed by atoms with Crippen molar-refractivity contribution in [2.75, 3.05) is 13.2 Å². The van der Waals surface area contributed by atoms with Gasteiger partial charge in [-0.25, -0.2) is 5.48 Å². The largest absolute Gasteiger partial charge is 0.456 e. The molecule has 0 saturated carbocycles. The molecule has 5 nitrogen and oxygen atoms in total. The number of benzene rings is 2. The molecule has 1 saturated heterocycles. The molecule has 0 aromatic heterocycles. The predicted molar refractivity (Wildman–Crippen MR) is 104 cm³/mol. The number of hydrogen-bond acceptors (Lipinski definition) is 5. The van der Waals surface area contributed by atoms with Crippen molar-refractivity contribution in [3.63, 3.8) is 0 Å². The number of hydrogen-bond donors (Lipinski definition) is 2. The van der Waals surface area contributed by atoms with Crippen LogP contribution in [-0.4, -0.2) is 29.1 Å². The zero-order chi connectivity index (χ0) is 18.4. The van der Waals surface area contributed by atoms with Crippen LogP contribution in [0.4, 0.5) is 0 Å². The smallest absolute Gasteiger partial charge is 0.244 e. The van der Waals surface area contributed by atoms with Gasteiger partial charge in [0.2, 0.25) is 5.91 Å². The van der Waals surface area contributed by atoms with Crippen molar-refractivity contribution in [2.45, 2.75) is 28.9 Å². The number of carbonyl (C=O) groups excluding carboxylic acids is 1. The first kappa shape index (κ1) is 19.2. The van der Waals surface area contributed by atoms with Crippen LogP contribution in [-0.2, 0) is 9.53 Å². The lowest BCUT2D eigenvalue weighted by atomic mass is 9.95. The molecular formula is C19H20BrNO4S. The van der Waals surface area contributed by atoms with Crippen molar-refractivity contribution in [2.24, 2.45) is 0 Å². The van der Waals surface area contributed by atoms with Crippen molar-refractivity contribution >= 4 is 33.6 Å². The molecule has 2 aromatic rings. The van der Waals surface area contributed by atoms with Crippen molar-refractivity contribution in [3.8, 4) is 11.5 Å². The lowest BCUT2D eigenvalue weighted by Crippen LogP contribution is -2.38. The normalized spacial score (nSPS) is 16.1. The summed E-state index contributed by atoms with van der Waals surface area (Å²) in [6.45, 7) is 1.24. The van der Waals surface area contributed by atoms with Crippen LogP contribution >= 0.6 is 27.7 Å². The third-order valence-corrected chi connectivity index (χ3v) is 6.38. The van der Waals surface area contributed by atoms with Gasteiger partial charge in [0.1, 0.15) is 11.5 Å². The van der Waals surface area contributed by atoms with Crippen molar-refractivity contribution in [1.82, 2.24) is 5.48 Å². The Labute approximate surface area is 165 Å². The summed E-state index contributed by atoms with van der Waals surface area (Å²) < 4.78 is 12.0. The molecule has 0 spiro atoms. The average molecular weight is 438 g/mol. The molecule has 138 valence electrons. The van der Waals surface area contributed by atoms with Gasteiger partial charge in [0, 0.05) is 29.3 Å². The highest BCUT2D eigenvalue weighted by atomic mass is 79.9. The maximum absolute atomic E-state index is 11.7. The topological polar surface area (TPSA) is 67.8 Å². The molecular weight excluding hydrogens is 418 g/mol. The van der Waals surface area contributed by atoms with Gasteiger partial charge in [0.15, 0.2) is 0 Å². The van der Waals surface area contributed by atoms with E-state index in [2.05, 4.69) is 15.9 Å². The third kappa shape index (κ3) is 5.01. The van der Waals surface area contributed by atoms with Gasteiger partial charge in [-0.3, -0.25) is 10.0 Å². The molecule has 0 unspecified atom stereocenters. The summed E-state index contributed by atoms with van der Waals surface area (Å²) in [5.74, 6) is 1.14. The first-order valence-corrected chi connectivity index (χ1v) is 9.93. The van der Waals surface area contributed by atoms with Crippen LogP contribution in [0.2, 0.25) is 0 Å². The summed E-state index contributed by atoms with van der Waals surface area (Å²) in [4.78, 5) is 12.8. The van der Waals surface area contributed by atoms with Crippen LogP contribution < -0.4 is 10.2 Å². The second kappa shape index (κ2) is 8.90. The second-order valence-electron chi connectivity index (χ2n) is 6.11. The number of rotatable bonds is 6. The van der Waals surface area contributed by atoms with Gasteiger partial charge in [-0.15, -0.1) is 11.8 Å². The molecule has 2 N–H and O–H groups in total. The van der Waals surface area contributed by atoms with Gasteiger partial charge in [-0.2, -0.15) is 0 Å². The monoisotopic (exact) mass is 437 g/mol. The molecule has 1 heterocycles. The first-order chi connectivity index (χ1) is 12.6. The summed E-state index contributed by atoms with van der Waals surface area (Å²) in [5, 5.41) is 8.88. The SMILES string of the molecule is O=C(CC1(Sc2ccc(Oc3ccccc3Br)cc2)CCOCC1)NO. The molecule has 0 atom stereocenters. The lowest BCUT2D eigenvalue weighted by Gasteiger charge is -2.35. The molecule has 7 heteroatoms. The molecule has 0 aliphatic carbocycles. The zero-order valence-corrected chi connectivity index (χ0v) is 16.5. The molecule has 1 fully saturated rings. The number of ether oxygens (including phenoxy) is 2. The first-order valence-electron chi connectivity index (χ1n) is 8.32. The van der Waals surface area contributed by atoms with E-state index in [1.165, 1.54) is 0 Å². The molecule has 3 rings (SSSR count).